The van der Waals surface area contributed by atoms with Gasteiger partial charge in [-0.15, -0.1) is 0 Å². The SMILES string of the molecule is COc1ccc(OC)c(-c2c(F)ccc3cc4c(nc23)CN(C2CCC2)C4=O)c1. The summed E-state index contributed by atoms with van der Waals surface area (Å²) in [4.78, 5) is 19.5. The fraction of sp³-hybridized carbons (Fsp3) is 0.304. The predicted molar refractivity (Wildman–Crippen MR) is 108 cm³/mol. The standard InChI is InChI=1S/C23H21FN2O3/c1-28-15-7-9-20(29-2)17(11-15)21-18(24)8-6-13-10-16-19(25-22(13)21)12-26(23(16)27)14-4-3-5-14/h6-11,14H,3-5,12H2,1-2H3. The number of fused-ring (bicyclic) bond motifs is 2. The lowest BCUT2D eigenvalue weighted by Gasteiger charge is -2.34. The molecular weight excluding hydrogens is 371 g/mol. The maximum absolute atomic E-state index is 15.0. The molecule has 0 radical (unpaired) electrons. The summed E-state index contributed by atoms with van der Waals surface area (Å²) in [6.07, 6.45) is 3.24. The van der Waals surface area contributed by atoms with Crippen molar-refractivity contribution in [1.82, 2.24) is 9.88 Å². The van der Waals surface area contributed by atoms with Crippen LogP contribution in [-0.2, 0) is 6.54 Å². The normalized spacial score (nSPS) is 16.1. The van der Waals surface area contributed by atoms with Crippen molar-refractivity contribution in [2.24, 2.45) is 0 Å². The van der Waals surface area contributed by atoms with Gasteiger partial charge in [0.15, 0.2) is 0 Å². The number of pyridine rings is 1. The fourth-order valence-electron chi connectivity index (χ4n) is 4.21. The van der Waals surface area contributed by atoms with Crippen LogP contribution in [0, 0.1) is 5.82 Å². The highest BCUT2D eigenvalue weighted by Gasteiger charge is 2.36. The van der Waals surface area contributed by atoms with E-state index in [-0.39, 0.29) is 5.91 Å². The van der Waals surface area contributed by atoms with Gasteiger partial charge in [0.25, 0.3) is 5.91 Å². The Labute approximate surface area is 168 Å². The Morgan fingerprint density at radius 2 is 1.90 bits per heavy atom. The first kappa shape index (κ1) is 17.9. The number of methoxy groups -OCH3 is 2. The summed E-state index contributed by atoms with van der Waals surface area (Å²) in [7, 11) is 3.12. The third kappa shape index (κ3) is 2.74. The van der Waals surface area contributed by atoms with Gasteiger partial charge < -0.3 is 14.4 Å². The van der Waals surface area contributed by atoms with Crippen molar-refractivity contribution >= 4 is 16.8 Å². The number of halogens is 1. The van der Waals surface area contributed by atoms with E-state index in [1.54, 1.807) is 38.5 Å². The molecule has 2 aromatic carbocycles. The number of aromatic nitrogens is 1. The van der Waals surface area contributed by atoms with Gasteiger partial charge in [0.05, 0.1) is 37.5 Å². The van der Waals surface area contributed by atoms with Crippen molar-refractivity contribution in [3.05, 3.63) is 53.5 Å². The topological polar surface area (TPSA) is 51.7 Å². The first-order valence-electron chi connectivity index (χ1n) is 9.76. The van der Waals surface area contributed by atoms with E-state index in [4.69, 9.17) is 14.5 Å². The molecule has 29 heavy (non-hydrogen) atoms. The lowest BCUT2D eigenvalue weighted by molar-refractivity contribution is 0.0605. The number of hydrogen-bond donors (Lipinski definition) is 0. The average molecular weight is 392 g/mol. The molecule has 0 saturated heterocycles. The average Bonchev–Trinajstić information content (AvgIpc) is 3.00. The molecule has 1 amide bonds. The highest BCUT2D eigenvalue weighted by atomic mass is 19.1. The third-order valence-electron chi connectivity index (χ3n) is 6.02. The van der Waals surface area contributed by atoms with E-state index >= 15 is 4.39 Å². The van der Waals surface area contributed by atoms with Crippen molar-refractivity contribution < 1.29 is 18.7 Å². The second-order valence-corrected chi connectivity index (χ2v) is 7.56. The number of hydrogen-bond acceptors (Lipinski definition) is 4. The number of ether oxygens (including phenoxy) is 2. The van der Waals surface area contributed by atoms with Gasteiger partial charge in [-0.25, -0.2) is 9.37 Å². The minimum absolute atomic E-state index is 0.0314. The molecule has 0 spiro atoms. The molecule has 1 aliphatic heterocycles. The summed E-state index contributed by atoms with van der Waals surface area (Å²) in [6, 6.07) is 10.5. The van der Waals surface area contributed by atoms with Gasteiger partial charge in [0.2, 0.25) is 0 Å². The monoisotopic (exact) mass is 392 g/mol. The molecule has 1 saturated carbocycles. The molecule has 0 N–H and O–H groups in total. The van der Waals surface area contributed by atoms with E-state index in [0.717, 1.165) is 24.6 Å². The molecule has 1 aromatic heterocycles. The van der Waals surface area contributed by atoms with E-state index in [0.29, 0.717) is 52.0 Å². The second kappa shape index (κ2) is 6.72. The van der Waals surface area contributed by atoms with Crippen LogP contribution in [0.3, 0.4) is 0 Å². The Morgan fingerprint density at radius 3 is 2.59 bits per heavy atom. The smallest absolute Gasteiger partial charge is 0.256 e. The number of carbonyl (C=O) groups is 1. The summed E-state index contributed by atoms with van der Waals surface area (Å²) in [5.74, 6) is 0.775. The first-order chi connectivity index (χ1) is 14.1. The first-order valence-corrected chi connectivity index (χ1v) is 9.76. The lowest BCUT2D eigenvalue weighted by atomic mass is 9.92. The fourth-order valence-corrected chi connectivity index (χ4v) is 4.21. The molecule has 0 bridgehead atoms. The van der Waals surface area contributed by atoms with E-state index < -0.39 is 5.82 Å². The predicted octanol–water partition coefficient (Wildman–Crippen LogP) is 4.57. The number of rotatable bonds is 4. The molecule has 2 aliphatic rings. The molecule has 5 nitrogen and oxygen atoms in total. The summed E-state index contributed by atoms with van der Waals surface area (Å²) < 4.78 is 25.8. The largest absolute Gasteiger partial charge is 0.497 e. The third-order valence-corrected chi connectivity index (χ3v) is 6.02. The zero-order valence-corrected chi connectivity index (χ0v) is 16.4. The Balaban J connectivity index is 1.70. The Bertz CT molecular complexity index is 1140. The number of carbonyl (C=O) groups excluding carboxylic acids is 1. The zero-order chi connectivity index (χ0) is 20.1. The van der Waals surface area contributed by atoms with Crippen LogP contribution in [0.15, 0.2) is 36.4 Å². The van der Waals surface area contributed by atoms with Gasteiger partial charge in [-0.2, -0.15) is 0 Å². The summed E-state index contributed by atoms with van der Waals surface area (Å²) in [6.45, 7) is 0.486. The summed E-state index contributed by atoms with van der Waals surface area (Å²) >= 11 is 0. The number of amides is 1. The minimum atomic E-state index is -0.392. The maximum atomic E-state index is 15.0. The van der Waals surface area contributed by atoms with Crippen LogP contribution in [0.2, 0.25) is 0 Å². The molecule has 1 fully saturated rings. The summed E-state index contributed by atoms with van der Waals surface area (Å²) in [5, 5.41) is 0.730. The van der Waals surface area contributed by atoms with Gasteiger partial charge in [-0.1, -0.05) is 0 Å². The van der Waals surface area contributed by atoms with Crippen molar-refractivity contribution in [3.8, 4) is 22.6 Å². The number of nitrogens with zero attached hydrogens (tertiary/aromatic N) is 2. The second-order valence-electron chi connectivity index (χ2n) is 7.56. The van der Waals surface area contributed by atoms with Crippen LogP contribution in [0.1, 0.15) is 35.3 Å². The van der Waals surface area contributed by atoms with Gasteiger partial charge in [0.1, 0.15) is 17.3 Å². The van der Waals surface area contributed by atoms with Crippen molar-refractivity contribution in [2.75, 3.05) is 14.2 Å². The molecular formula is C23H21FN2O3. The molecule has 2 heterocycles. The highest BCUT2D eigenvalue weighted by Crippen LogP contribution is 2.40. The Morgan fingerprint density at radius 1 is 1.07 bits per heavy atom. The highest BCUT2D eigenvalue weighted by molar-refractivity contribution is 6.04. The van der Waals surface area contributed by atoms with Gasteiger partial charge in [-0.05, 0) is 55.7 Å². The van der Waals surface area contributed by atoms with Crippen LogP contribution < -0.4 is 9.47 Å². The van der Waals surface area contributed by atoms with Crippen molar-refractivity contribution in [1.29, 1.82) is 0 Å². The molecule has 3 aromatic rings. The van der Waals surface area contributed by atoms with Crippen molar-refractivity contribution in [3.63, 3.8) is 0 Å². The molecule has 1 aliphatic carbocycles. The summed E-state index contributed by atoms with van der Waals surface area (Å²) in [5.41, 5.74) is 2.79. The van der Waals surface area contributed by atoms with Crippen LogP contribution in [0.25, 0.3) is 22.0 Å². The Kier molecular flexibility index (Phi) is 4.15. The molecule has 0 atom stereocenters. The minimum Gasteiger partial charge on any atom is -0.497 e. The maximum Gasteiger partial charge on any atom is 0.256 e. The van der Waals surface area contributed by atoms with Crippen LogP contribution in [0.5, 0.6) is 11.5 Å². The zero-order valence-electron chi connectivity index (χ0n) is 16.4. The van der Waals surface area contributed by atoms with E-state index in [2.05, 4.69) is 0 Å². The van der Waals surface area contributed by atoms with E-state index in [1.165, 1.54) is 6.07 Å². The van der Waals surface area contributed by atoms with E-state index in [9.17, 15) is 4.79 Å². The quantitative estimate of drug-likeness (QED) is 0.653. The number of benzene rings is 2. The molecule has 6 heteroatoms. The van der Waals surface area contributed by atoms with Gasteiger partial charge >= 0.3 is 0 Å². The van der Waals surface area contributed by atoms with Crippen LogP contribution >= 0.6 is 0 Å². The van der Waals surface area contributed by atoms with E-state index in [1.807, 2.05) is 11.0 Å². The van der Waals surface area contributed by atoms with Gasteiger partial charge in [-0.3, -0.25) is 4.79 Å². The Hall–Kier alpha value is -3.15. The van der Waals surface area contributed by atoms with Crippen LogP contribution in [0.4, 0.5) is 4.39 Å². The lowest BCUT2D eigenvalue weighted by Crippen LogP contribution is -2.40. The van der Waals surface area contributed by atoms with Crippen LogP contribution in [-0.4, -0.2) is 36.1 Å². The molecule has 0 unspecified atom stereocenters. The van der Waals surface area contributed by atoms with Crippen molar-refractivity contribution in [2.45, 2.75) is 31.8 Å². The van der Waals surface area contributed by atoms with Gasteiger partial charge in [0, 0.05) is 22.6 Å². The molecule has 148 valence electrons. The molecule has 5 rings (SSSR count).